The van der Waals surface area contributed by atoms with Crippen LogP contribution in [-0.2, 0) is 16.0 Å². The maximum absolute atomic E-state index is 12.9. The number of amides is 2. The van der Waals surface area contributed by atoms with Crippen LogP contribution in [0.4, 0.5) is 5.69 Å². The molecule has 0 spiro atoms. The summed E-state index contributed by atoms with van der Waals surface area (Å²) in [5.74, 6) is 0.361. The third-order valence-corrected chi connectivity index (χ3v) is 5.70. The first-order chi connectivity index (χ1) is 14.1. The summed E-state index contributed by atoms with van der Waals surface area (Å²) in [4.78, 5) is 28.1. The van der Waals surface area contributed by atoms with E-state index in [1.54, 1.807) is 4.90 Å². The fourth-order valence-electron chi connectivity index (χ4n) is 3.95. The number of piperidine rings is 1. The van der Waals surface area contributed by atoms with Crippen LogP contribution in [0.3, 0.4) is 0 Å². The van der Waals surface area contributed by atoms with E-state index in [0.29, 0.717) is 13.1 Å². The van der Waals surface area contributed by atoms with E-state index in [1.807, 2.05) is 30.3 Å². The minimum absolute atomic E-state index is 0.0279. The van der Waals surface area contributed by atoms with Gasteiger partial charge in [-0.25, -0.2) is 0 Å². The van der Waals surface area contributed by atoms with Crippen LogP contribution in [0.25, 0.3) is 0 Å². The maximum atomic E-state index is 12.9. The summed E-state index contributed by atoms with van der Waals surface area (Å²) in [7, 11) is 0. The van der Waals surface area contributed by atoms with Gasteiger partial charge in [0.05, 0.1) is 6.54 Å². The van der Waals surface area contributed by atoms with Crippen molar-refractivity contribution in [2.45, 2.75) is 32.1 Å². The van der Waals surface area contributed by atoms with Gasteiger partial charge in [0.15, 0.2) is 0 Å². The molecule has 0 bridgehead atoms. The van der Waals surface area contributed by atoms with Crippen molar-refractivity contribution >= 4 is 17.5 Å². The smallest absolute Gasteiger partial charge is 0.241 e. The van der Waals surface area contributed by atoms with Crippen LogP contribution in [0.15, 0.2) is 60.7 Å². The summed E-state index contributed by atoms with van der Waals surface area (Å²) in [6.45, 7) is 2.61. The van der Waals surface area contributed by atoms with Crippen LogP contribution in [0.5, 0.6) is 0 Å². The van der Waals surface area contributed by atoms with Gasteiger partial charge in [-0.15, -0.1) is 0 Å². The number of anilines is 1. The molecular weight excluding hydrogens is 362 g/mol. The van der Waals surface area contributed by atoms with E-state index in [1.165, 1.54) is 12.0 Å². The van der Waals surface area contributed by atoms with Gasteiger partial charge >= 0.3 is 0 Å². The Kier molecular flexibility index (Phi) is 7.82. The fourth-order valence-corrected chi connectivity index (χ4v) is 3.95. The van der Waals surface area contributed by atoms with Crippen molar-refractivity contribution in [1.29, 1.82) is 0 Å². The van der Waals surface area contributed by atoms with E-state index in [9.17, 15) is 9.59 Å². The highest BCUT2D eigenvalue weighted by molar-refractivity contribution is 5.95. The lowest BCUT2D eigenvalue weighted by Gasteiger charge is -2.33. The van der Waals surface area contributed by atoms with Crippen molar-refractivity contribution in [1.82, 2.24) is 4.90 Å². The summed E-state index contributed by atoms with van der Waals surface area (Å²) in [5.41, 5.74) is 7.52. The van der Waals surface area contributed by atoms with Crippen LogP contribution in [0.2, 0.25) is 0 Å². The molecule has 0 aliphatic carbocycles. The summed E-state index contributed by atoms with van der Waals surface area (Å²) >= 11 is 0. The summed E-state index contributed by atoms with van der Waals surface area (Å²) in [5, 5.41) is 0. The Morgan fingerprint density at radius 2 is 1.59 bits per heavy atom. The predicted octanol–water partition coefficient (Wildman–Crippen LogP) is 3.24. The van der Waals surface area contributed by atoms with Gasteiger partial charge in [0.1, 0.15) is 0 Å². The molecule has 0 saturated carbocycles. The van der Waals surface area contributed by atoms with Gasteiger partial charge in [0.25, 0.3) is 0 Å². The number of benzene rings is 2. The number of rotatable bonds is 9. The minimum Gasteiger partial charge on any atom is -0.370 e. The molecule has 5 heteroatoms. The summed E-state index contributed by atoms with van der Waals surface area (Å²) in [6.07, 6.45) is 4.77. The van der Waals surface area contributed by atoms with Crippen LogP contribution < -0.4 is 10.6 Å². The van der Waals surface area contributed by atoms with Gasteiger partial charge < -0.3 is 10.6 Å². The Labute approximate surface area is 173 Å². The molecule has 1 saturated heterocycles. The molecule has 29 heavy (non-hydrogen) atoms. The first-order valence-electron chi connectivity index (χ1n) is 10.5. The Morgan fingerprint density at radius 3 is 2.21 bits per heavy atom. The van der Waals surface area contributed by atoms with E-state index in [4.69, 9.17) is 5.73 Å². The quantitative estimate of drug-likeness (QED) is 0.711. The molecule has 1 aliphatic rings. The first-order valence-corrected chi connectivity index (χ1v) is 10.5. The lowest BCUT2D eigenvalue weighted by molar-refractivity contribution is -0.120. The highest BCUT2D eigenvalue weighted by atomic mass is 16.2. The van der Waals surface area contributed by atoms with E-state index in [-0.39, 0.29) is 12.3 Å². The van der Waals surface area contributed by atoms with E-state index >= 15 is 0 Å². The fraction of sp³-hybridized carbons (Fsp3) is 0.417. The lowest BCUT2D eigenvalue weighted by Crippen LogP contribution is -2.44. The molecule has 0 aromatic heterocycles. The van der Waals surface area contributed by atoms with Gasteiger partial charge in [-0.05, 0) is 62.4 Å². The molecule has 2 N–H and O–H groups in total. The molecule has 0 unspecified atom stereocenters. The van der Waals surface area contributed by atoms with E-state index in [2.05, 4.69) is 35.2 Å². The number of carbonyl (C=O) groups is 2. The summed E-state index contributed by atoms with van der Waals surface area (Å²) in [6, 6.07) is 20.2. The number of hydrogen-bond acceptors (Lipinski definition) is 3. The van der Waals surface area contributed by atoms with Crippen LogP contribution in [0.1, 0.15) is 31.2 Å². The highest BCUT2D eigenvalue weighted by Crippen LogP contribution is 2.23. The molecule has 154 valence electrons. The second kappa shape index (κ2) is 10.8. The van der Waals surface area contributed by atoms with Gasteiger partial charge in [-0.2, -0.15) is 0 Å². The van der Waals surface area contributed by atoms with Crippen molar-refractivity contribution in [3.63, 3.8) is 0 Å². The molecule has 2 amide bonds. The average Bonchev–Trinajstić information content (AvgIpc) is 2.75. The second-order valence-electron chi connectivity index (χ2n) is 7.84. The molecular formula is C24H31N3O2. The van der Waals surface area contributed by atoms with Gasteiger partial charge in [-0.1, -0.05) is 48.5 Å². The first kappa shape index (κ1) is 21.1. The highest BCUT2D eigenvalue weighted by Gasteiger charge is 2.24. The molecule has 2 aromatic carbocycles. The van der Waals surface area contributed by atoms with E-state index < -0.39 is 5.91 Å². The van der Waals surface area contributed by atoms with Crippen molar-refractivity contribution in [2.75, 3.05) is 31.1 Å². The standard InChI is InChI=1S/C24H31N3O2/c25-23(28)15-18-27(22-9-5-2-6-10-22)24(29)19-26-16-13-21(14-17-26)12-11-20-7-3-1-4-8-20/h1-10,21H,11-19H2,(H2,25,28). The Bertz CT molecular complexity index is 771. The SMILES string of the molecule is NC(=O)CCN(C(=O)CN1CCC(CCc2ccccc2)CC1)c1ccccc1. The third-order valence-electron chi connectivity index (χ3n) is 5.70. The molecule has 0 atom stereocenters. The topological polar surface area (TPSA) is 66.6 Å². The zero-order valence-electron chi connectivity index (χ0n) is 17.0. The number of nitrogens with zero attached hydrogens (tertiary/aromatic N) is 2. The molecule has 1 heterocycles. The molecule has 3 rings (SSSR count). The normalized spacial score (nSPS) is 15.2. The number of nitrogens with two attached hydrogens (primary N) is 1. The number of likely N-dealkylation sites (tertiary alicyclic amines) is 1. The van der Waals surface area contributed by atoms with Crippen LogP contribution in [-0.4, -0.2) is 42.9 Å². The second-order valence-corrected chi connectivity index (χ2v) is 7.84. The number of aryl methyl sites for hydroxylation is 1. The molecule has 1 aliphatic heterocycles. The third kappa shape index (κ3) is 6.71. The number of para-hydroxylation sites is 1. The van der Waals surface area contributed by atoms with Gasteiger partial charge in [0, 0.05) is 18.7 Å². The lowest BCUT2D eigenvalue weighted by atomic mass is 9.90. The number of hydrogen-bond donors (Lipinski definition) is 1. The van der Waals surface area contributed by atoms with Crippen molar-refractivity contribution in [3.05, 3.63) is 66.2 Å². The monoisotopic (exact) mass is 393 g/mol. The zero-order valence-corrected chi connectivity index (χ0v) is 17.0. The van der Waals surface area contributed by atoms with Gasteiger partial charge in [0.2, 0.25) is 11.8 Å². The Morgan fingerprint density at radius 1 is 0.966 bits per heavy atom. The Balaban J connectivity index is 1.48. The Hall–Kier alpha value is -2.66. The largest absolute Gasteiger partial charge is 0.370 e. The number of carbonyl (C=O) groups excluding carboxylic acids is 2. The minimum atomic E-state index is -0.391. The molecule has 5 nitrogen and oxygen atoms in total. The summed E-state index contributed by atoms with van der Waals surface area (Å²) < 4.78 is 0. The maximum Gasteiger partial charge on any atom is 0.241 e. The van der Waals surface area contributed by atoms with Crippen molar-refractivity contribution in [3.8, 4) is 0 Å². The average molecular weight is 394 g/mol. The van der Waals surface area contributed by atoms with Crippen molar-refractivity contribution < 1.29 is 9.59 Å². The predicted molar refractivity (Wildman–Crippen MR) is 117 cm³/mol. The zero-order chi connectivity index (χ0) is 20.5. The molecule has 0 radical (unpaired) electrons. The van der Waals surface area contributed by atoms with Crippen molar-refractivity contribution in [2.24, 2.45) is 11.7 Å². The molecule has 1 fully saturated rings. The molecule has 2 aromatic rings. The van der Waals surface area contributed by atoms with Crippen LogP contribution >= 0.6 is 0 Å². The number of primary amides is 1. The van der Waals surface area contributed by atoms with Crippen LogP contribution in [0, 0.1) is 5.92 Å². The van der Waals surface area contributed by atoms with Gasteiger partial charge in [-0.3, -0.25) is 14.5 Å². The van der Waals surface area contributed by atoms with E-state index in [0.717, 1.165) is 44.0 Å².